The van der Waals surface area contributed by atoms with Gasteiger partial charge in [-0.3, -0.25) is 9.59 Å². The van der Waals surface area contributed by atoms with Crippen molar-refractivity contribution in [2.45, 2.75) is 6.18 Å². The minimum atomic E-state index is -4.96. The highest BCUT2D eigenvalue weighted by Crippen LogP contribution is 2.18. The Balaban J connectivity index is 2.87. The fraction of sp³-hybridized carbons (Fsp3) is 0.200. The second-order valence-corrected chi connectivity index (χ2v) is 3.16. The van der Waals surface area contributed by atoms with Gasteiger partial charge < -0.3 is 11.1 Å². The van der Waals surface area contributed by atoms with Crippen LogP contribution in [-0.2, 0) is 4.79 Å². The van der Waals surface area contributed by atoms with Gasteiger partial charge in [0, 0.05) is 11.3 Å². The number of hydrogen-bond acceptors (Lipinski definition) is 3. The Hall–Kier alpha value is -1.89. The van der Waals surface area contributed by atoms with Gasteiger partial charge in [-0.2, -0.15) is 13.2 Å². The van der Waals surface area contributed by atoms with Crippen molar-refractivity contribution in [1.82, 2.24) is 0 Å². The molecule has 0 aliphatic carbocycles. The molecule has 0 heterocycles. The molecule has 0 saturated heterocycles. The number of halogens is 3. The predicted molar refractivity (Wildman–Crippen MR) is 54.5 cm³/mol. The lowest BCUT2D eigenvalue weighted by molar-refractivity contribution is -0.167. The Morgan fingerprint density at radius 1 is 1.29 bits per heavy atom. The molecule has 17 heavy (non-hydrogen) atoms. The highest BCUT2D eigenvalue weighted by atomic mass is 19.4. The summed E-state index contributed by atoms with van der Waals surface area (Å²) in [5.74, 6) is -2.51. The number of rotatable bonds is 3. The van der Waals surface area contributed by atoms with Crippen LogP contribution in [-0.4, -0.2) is 24.4 Å². The molecule has 0 fully saturated rings. The van der Waals surface area contributed by atoms with Crippen LogP contribution in [0.4, 0.5) is 18.9 Å². The van der Waals surface area contributed by atoms with E-state index in [-0.39, 0.29) is 17.8 Å². The molecule has 4 nitrogen and oxygen atoms in total. The van der Waals surface area contributed by atoms with Gasteiger partial charge in [0.2, 0.25) is 0 Å². The summed E-state index contributed by atoms with van der Waals surface area (Å²) < 4.78 is 35.9. The van der Waals surface area contributed by atoms with E-state index in [9.17, 15) is 22.8 Å². The van der Waals surface area contributed by atoms with Crippen LogP contribution in [0, 0.1) is 0 Å². The molecule has 1 aromatic rings. The third kappa shape index (κ3) is 3.56. The van der Waals surface area contributed by atoms with Crippen molar-refractivity contribution in [3.05, 3.63) is 29.8 Å². The molecule has 3 N–H and O–H groups in total. The molecule has 0 atom stereocenters. The van der Waals surface area contributed by atoms with Gasteiger partial charge in [0.05, 0.1) is 6.54 Å². The summed E-state index contributed by atoms with van der Waals surface area (Å²) in [5.41, 5.74) is 5.15. The van der Waals surface area contributed by atoms with E-state index in [0.717, 1.165) is 6.07 Å². The average molecular weight is 246 g/mol. The standard InChI is InChI=1S/C10H9F3N2O2/c11-10(12,13)9(17)15-7-3-1-2-6(4-7)8(16)5-14/h1-4H,5,14H2,(H,15,17). The van der Waals surface area contributed by atoms with Gasteiger partial charge in [-0.1, -0.05) is 12.1 Å². The van der Waals surface area contributed by atoms with E-state index in [1.54, 1.807) is 5.32 Å². The van der Waals surface area contributed by atoms with Gasteiger partial charge in [-0.05, 0) is 12.1 Å². The number of nitrogens with one attached hydrogen (secondary N) is 1. The molecule has 0 aromatic heterocycles. The second kappa shape index (κ2) is 4.96. The van der Waals surface area contributed by atoms with E-state index in [1.807, 2.05) is 0 Å². The molecule has 0 bridgehead atoms. The fourth-order valence-corrected chi connectivity index (χ4v) is 1.09. The zero-order valence-corrected chi connectivity index (χ0v) is 8.54. The topological polar surface area (TPSA) is 72.2 Å². The third-order valence-electron chi connectivity index (χ3n) is 1.89. The second-order valence-electron chi connectivity index (χ2n) is 3.16. The van der Waals surface area contributed by atoms with Gasteiger partial charge in [0.25, 0.3) is 0 Å². The monoisotopic (exact) mass is 246 g/mol. The first-order valence-corrected chi connectivity index (χ1v) is 4.56. The summed E-state index contributed by atoms with van der Waals surface area (Å²) in [6, 6.07) is 5.14. The maximum absolute atomic E-state index is 12.0. The summed E-state index contributed by atoms with van der Waals surface area (Å²) in [4.78, 5) is 21.8. The molecule has 0 radical (unpaired) electrons. The number of nitrogens with two attached hydrogens (primary N) is 1. The van der Waals surface area contributed by atoms with Gasteiger partial charge in [-0.25, -0.2) is 0 Å². The first-order chi connectivity index (χ1) is 7.84. The summed E-state index contributed by atoms with van der Waals surface area (Å²) >= 11 is 0. The van der Waals surface area contributed by atoms with Crippen LogP contribution in [0.15, 0.2) is 24.3 Å². The summed E-state index contributed by atoms with van der Waals surface area (Å²) in [6.07, 6.45) is -4.96. The van der Waals surface area contributed by atoms with Crippen molar-refractivity contribution in [2.24, 2.45) is 5.73 Å². The number of hydrogen-bond donors (Lipinski definition) is 2. The maximum atomic E-state index is 12.0. The van der Waals surface area contributed by atoms with Gasteiger partial charge in [-0.15, -0.1) is 0 Å². The molecule has 7 heteroatoms. The molecule has 1 rings (SSSR count). The summed E-state index contributed by atoms with van der Waals surface area (Å²) in [5, 5.41) is 1.64. The first-order valence-electron chi connectivity index (χ1n) is 4.56. The minimum absolute atomic E-state index is 0.105. The normalized spacial score (nSPS) is 11.1. The zero-order valence-electron chi connectivity index (χ0n) is 8.54. The minimum Gasteiger partial charge on any atom is -0.324 e. The van der Waals surface area contributed by atoms with Crippen LogP contribution < -0.4 is 11.1 Å². The van der Waals surface area contributed by atoms with E-state index < -0.39 is 17.9 Å². The van der Waals surface area contributed by atoms with E-state index in [2.05, 4.69) is 0 Å². The van der Waals surface area contributed by atoms with Gasteiger partial charge in [0.15, 0.2) is 5.78 Å². The number of anilines is 1. The first kappa shape index (κ1) is 13.2. The largest absolute Gasteiger partial charge is 0.471 e. The number of carbonyl (C=O) groups excluding carboxylic acids is 2. The molecule has 0 saturated carbocycles. The number of carbonyl (C=O) groups is 2. The van der Waals surface area contributed by atoms with E-state index in [0.29, 0.717) is 0 Å². The highest BCUT2D eigenvalue weighted by Gasteiger charge is 2.38. The lowest BCUT2D eigenvalue weighted by atomic mass is 10.1. The molecule has 0 spiro atoms. The Morgan fingerprint density at radius 3 is 2.47 bits per heavy atom. The molecule has 1 aromatic carbocycles. The van der Waals surface area contributed by atoms with Gasteiger partial charge >= 0.3 is 12.1 Å². The smallest absolute Gasteiger partial charge is 0.324 e. The Labute approximate surface area is 94.6 Å². The molecule has 1 amide bonds. The third-order valence-corrected chi connectivity index (χ3v) is 1.89. The van der Waals surface area contributed by atoms with Crippen molar-refractivity contribution in [1.29, 1.82) is 0 Å². The van der Waals surface area contributed by atoms with Crippen molar-refractivity contribution < 1.29 is 22.8 Å². The quantitative estimate of drug-likeness (QED) is 0.790. The molecule has 0 unspecified atom stereocenters. The number of amides is 1. The molecule has 0 aliphatic heterocycles. The van der Waals surface area contributed by atoms with Crippen LogP contribution in [0.3, 0.4) is 0 Å². The van der Waals surface area contributed by atoms with Crippen molar-refractivity contribution in [3.63, 3.8) is 0 Å². The lowest BCUT2D eigenvalue weighted by Crippen LogP contribution is -2.30. The summed E-state index contributed by atoms with van der Waals surface area (Å²) in [6.45, 7) is -0.253. The van der Waals surface area contributed by atoms with Crippen LogP contribution in [0.25, 0.3) is 0 Å². The Kier molecular flexibility index (Phi) is 3.84. The number of benzene rings is 1. The molecule has 0 aliphatic rings. The SMILES string of the molecule is NCC(=O)c1cccc(NC(=O)C(F)(F)F)c1. The van der Waals surface area contributed by atoms with Crippen LogP contribution in [0.1, 0.15) is 10.4 Å². The van der Waals surface area contributed by atoms with Crippen molar-refractivity contribution in [2.75, 3.05) is 11.9 Å². The molecule has 92 valence electrons. The Bertz CT molecular complexity index is 443. The number of ketones is 1. The van der Waals surface area contributed by atoms with Crippen LogP contribution >= 0.6 is 0 Å². The van der Waals surface area contributed by atoms with Crippen molar-refractivity contribution >= 4 is 17.4 Å². The van der Waals surface area contributed by atoms with Crippen molar-refractivity contribution in [3.8, 4) is 0 Å². The van der Waals surface area contributed by atoms with Gasteiger partial charge in [0.1, 0.15) is 0 Å². The van der Waals surface area contributed by atoms with E-state index in [1.165, 1.54) is 18.2 Å². The van der Waals surface area contributed by atoms with E-state index >= 15 is 0 Å². The number of alkyl halides is 3. The predicted octanol–water partition coefficient (Wildman–Crippen LogP) is 1.33. The zero-order chi connectivity index (χ0) is 13.1. The number of Topliss-reactive ketones (excluding diaryl/α,β-unsaturated/α-hetero) is 1. The fourth-order valence-electron chi connectivity index (χ4n) is 1.09. The maximum Gasteiger partial charge on any atom is 0.471 e. The summed E-state index contributed by atoms with van der Waals surface area (Å²) in [7, 11) is 0. The van der Waals surface area contributed by atoms with E-state index in [4.69, 9.17) is 5.73 Å². The van der Waals surface area contributed by atoms with Crippen LogP contribution in [0.5, 0.6) is 0 Å². The van der Waals surface area contributed by atoms with Crippen LogP contribution in [0.2, 0.25) is 0 Å². The highest BCUT2D eigenvalue weighted by molar-refractivity contribution is 6.00. The Morgan fingerprint density at radius 2 is 1.94 bits per heavy atom. The average Bonchev–Trinajstić information content (AvgIpc) is 2.27. The molecular weight excluding hydrogens is 237 g/mol. The molecular formula is C10H9F3N2O2. The lowest BCUT2D eigenvalue weighted by Gasteiger charge is -2.08.